The molecule has 1 aromatic rings. The lowest BCUT2D eigenvalue weighted by atomic mass is 9.86. The van der Waals surface area contributed by atoms with Crippen LogP contribution in [0.1, 0.15) is 31.0 Å². The first-order chi connectivity index (χ1) is 9.18. The van der Waals surface area contributed by atoms with Crippen molar-refractivity contribution in [1.29, 1.82) is 0 Å². The predicted molar refractivity (Wildman–Crippen MR) is 83.0 cm³/mol. The van der Waals surface area contributed by atoms with Gasteiger partial charge < -0.3 is 10.2 Å². The summed E-state index contributed by atoms with van der Waals surface area (Å²) in [5.41, 5.74) is 2.72. The molecule has 1 saturated heterocycles. The van der Waals surface area contributed by atoms with E-state index < -0.39 is 0 Å². The number of carbonyl (C=O) groups excluding carboxylic acids is 1. The number of hydrogen-bond acceptors (Lipinski definition) is 2. The first kappa shape index (κ1) is 15.3. The first-order valence-electron chi connectivity index (χ1n) is 7.27. The van der Waals surface area contributed by atoms with Gasteiger partial charge >= 0.3 is 0 Å². The van der Waals surface area contributed by atoms with Gasteiger partial charge in [0.05, 0.1) is 6.04 Å². The van der Waals surface area contributed by atoms with Crippen LogP contribution in [-0.4, -0.2) is 30.4 Å². The Morgan fingerprint density at radius 1 is 1.35 bits per heavy atom. The summed E-state index contributed by atoms with van der Waals surface area (Å²) in [5, 5.41) is 3.26. The van der Waals surface area contributed by atoms with Crippen LogP contribution in [0.5, 0.6) is 0 Å². The van der Waals surface area contributed by atoms with Crippen molar-refractivity contribution in [2.24, 2.45) is 11.8 Å². The molecule has 0 aliphatic carbocycles. The Morgan fingerprint density at radius 2 is 2.05 bits per heavy atom. The molecule has 2 atom stereocenters. The second-order valence-electron chi connectivity index (χ2n) is 5.86. The highest BCUT2D eigenvalue weighted by atomic mass is 35.5. The molecular weight excluding hydrogens is 272 g/mol. The van der Waals surface area contributed by atoms with E-state index in [0.717, 1.165) is 26.1 Å². The van der Waals surface area contributed by atoms with Crippen LogP contribution in [0.2, 0.25) is 0 Å². The summed E-state index contributed by atoms with van der Waals surface area (Å²) in [7, 11) is 0. The quantitative estimate of drug-likeness (QED) is 0.908. The molecule has 2 heterocycles. The van der Waals surface area contributed by atoms with Gasteiger partial charge in [0, 0.05) is 12.5 Å². The summed E-state index contributed by atoms with van der Waals surface area (Å²) in [6, 6.07) is 8.73. The first-order valence-corrected chi connectivity index (χ1v) is 7.27. The number of benzene rings is 1. The van der Waals surface area contributed by atoms with E-state index in [0.29, 0.717) is 11.8 Å². The highest BCUT2D eigenvalue weighted by Gasteiger charge is 2.35. The van der Waals surface area contributed by atoms with E-state index in [1.165, 1.54) is 11.1 Å². The van der Waals surface area contributed by atoms with E-state index in [-0.39, 0.29) is 24.4 Å². The maximum Gasteiger partial charge on any atom is 0.226 e. The molecular formula is C16H23ClN2O. The van der Waals surface area contributed by atoms with Gasteiger partial charge in [0.25, 0.3) is 0 Å². The molecule has 1 N–H and O–H groups in total. The van der Waals surface area contributed by atoms with Crippen molar-refractivity contribution in [3.8, 4) is 0 Å². The molecule has 0 bridgehead atoms. The van der Waals surface area contributed by atoms with Gasteiger partial charge in [-0.25, -0.2) is 0 Å². The zero-order valence-corrected chi connectivity index (χ0v) is 13.0. The Kier molecular flexibility index (Phi) is 4.71. The summed E-state index contributed by atoms with van der Waals surface area (Å²) < 4.78 is 0. The van der Waals surface area contributed by atoms with Crippen LogP contribution in [0.3, 0.4) is 0 Å². The molecule has 3 rings (SSSR count). The fourth-order valence-corrected chi connectivity index (χ4v) is 3.20. The lowest BCUT2D eigenvalue weighted by Crippen LogP contribution is -2.51. The molecule has 3 nitrogen and oxygen atoms in total. The lowest BCUT2D eigenvalue weighted by Gasteiger charge is -2.40. The molecule has 0 radical (unpaired) electrons. The highest BCUT2D eigenvalue weighted by molar-refractivity contribution is 5.85. The molecule has 0 aromatic heterocycles. The molecule has 0 spiro atoms. The predicted octanol–water partition coefficient (Wildman–Crippen LogP) is 2.41. The molecule has 110 valence electrons. The lowest BCUT2D eigenvalue weighted by molar-refractivity contribution is -0.140. The summed E-state index contributed by atoms with van der Waals surface area (Å²) in [4.78, 5) is 14.7. The number of nitrogens with one attached hydrogen (secondary N) is 1. The number of halogens is 1. The minimum absolute atomic E-state index is 0. The van der Waals surface area contributed by atoms with Gasteiger partial charge in [-0.05, 0) is 43.5 Å². The van der Waals surface area contributed by atoms with E-state index in [9.17, 15) is 4.79 Å². The van der Waals surface area contributed by atoms with Crippen molar-refractivity contribution < 1.29 is 4.79 Å². The third-order valence-electron chi connectivity index (χ3n) is 4.79. The number of rotatable bonds is 2. The van der Waals surface area contributed by atoms with Crippen molar-refractivity contribution in [1.82, 2.24) is 10.2 Å². The van der Waals surface area contributed by atoms with Gasteiger partial charge in [-0.2, -0.15) is 0 Å². The topological polar surface area (TPSA) is 32.3 Å². The van der Waals surface area contributed by atoms with Crippen molar-refractivity contribution >= 4 is 18.3 Å². The standard InChI is InChI=1S/C16H22N2O.ClH/c1-11(14-9-17-10-14)16(19)18-8-7-13-5-3-4-6-15(13)12(18)2;/h3-6,11-12,14,17H,7-10H2,1-2H3;1H. The summed E-state index contributed by atoms with van der Waals surface area (Å²) >= 11 is 0. The Balaban J connectivity index is 0.00000147. The van der Waals surface area contributed by atoms with Crippen molar-refractivity contribution in [3.05, 3.63) is 35.4 Å². The zero-order valence-electron chi connectivity index (χ0n) is 12.1. The fraction of sp³-hybridized carbons (Fsp3) is 0.562. The molecule has 20 heavy (non-hydrogen) atoms. The molecule has 2 unspecified atom stereocenters. The Hall–Kier alpha value is -1.06. The second kappa shape index (κ2) is 6.15. The molecule has 4 heteroatoms. The molecule has 2 aliphatic rings. The smallest absolute Gasteiger partial charge is 0.226 e. The third kappa shape index (κ3) is 2.57. The minimum Gasteiger partial charge on any atom is -0.335 e. The number of carbonyl (C=O) groups is 1. The van der Waals surface area contributed by atoms with Gasteiger partial charge in [-0.3, -0.25) is 4.79 Å². The molecule has 1 fully saturated rings. The monoisotopic (exact) mass is 294 g/mol. The molecule has 0 saturated carbocycles. The van der Waals surface area contributed by atoms with Gasteiger partial charge in [-0.15, -0.1) is 12.4 Å². The maximum absolute atomic E-state index is 12.7. The summed E-state index contributed by atoms with van der Waals surface area (Å²) in [6.07, 6.45) is 0.988. The normalized spacial score (nSPS) is 23.3. The van der Waals surface area contributed by atoms with Crippen LogP contribution in [-0.2, 0) is 11.2 Å². The fourth-order valence-electron chi connectivity index (χ4n) is 3.20. The van der Waals surface area contributed by atoms with Crippen LogP contribution in [0, 0.1) is 11.8 Å². The third-order valence-corrected chi connectivity index (χ3v) is 4.79. The van der Waals surface area contributed by atoms with Crippen molar-refractivity contribution in [2.75, 3.05) is 19.6 Å². The minimum atomic E-state index is 0. The van der Waals surface area contributed by atoms with Crippen LogP contribution < -0.4 is 5.32 Å². The zero-order chi connectivity index (χ0) is 13.4. The maximum atomic E-state index is 12.7. The second-order valence-corrected chi connectivity index (χ2v) is 5.86. The summed E-state index contributed by atoms with van der Waals surface area (Å²) in [6.45, 7) is 7.08. The van der Waals surface area contributed by atoms with Crippen molar-refractivity contribution in [3.63, 3.8) is 0 Å². The number of fused-ring (bicyclic) bond motifs is 1. The van der Waals surface area contributed by atoms with E-state index >= 15 is 0 Å². The van der Waals surface area contributed by atoms with Gasteiger partial charge in [0.1, 0.15) is 0 Å². The van der Waals surface area contributed by atoms with Crippen LogP contribution in [0.25, 0.3) is 0 Å². The average molecular weight is 295 g/mol. The van der Waals surface area contributed by atoms with Gasteiger partial charge in [0.15, 0.2) is 0 Å². The number of amides is 1. The molecule has 1 aromatic carbocycles. The molecule has 1 amide bonds. The van der Waals surface area contributed by atoms with Gasteiger partial charge in [-0.1, -0.05) is 31.2 Å². The van der Waals surface area contributed by atoms with E-state index in [4.69, 9.17) is 0 Å². The Labute approximate surface area is 127 Å². The van der Waals surface area contributed by atoms with E-state index in [2.05, 4.69) is 48.3 Å². The number of hydrogen-bond donors (Lipinski definition) is 1. The summed E-state index contributed by atoms with van der Waals surface area (Å²) in [5.74, 6) is 0.999. The van der Waals surface area contributed by atoms with E-state index in [1.54, 1.807) is 0 Å². The number of nitrogens with zero attached hydrogens (tertiary/aromatic N) is 1. The van der Waals surface area contributed by atoms with Crippen molar-refractivity contribution in [2.45, 2.75) is 26.3 Å². The van der Waals surface area contributed by atoms with Crippen LogP contribution >= 0.6 is 12.4 Å². The van der Waals surface area contributed by atoms with Crippen LogP contribution in [0.4, 0.5) is 0 Å². The Morgan fingerprint density at radius 3 is 2.70 bits per heavy atom. The SMILES string of the molecule is CC(C(=O)N1CCc2ccccc2C1C)C1CNC1.Cl. The molecule has 2 aliphatic heterocycles. The van der Waals surface area contributed by atoms with E-state index in [1.807, 2.05) is 0 Å². The Bertz CT molecular complexity index is 487. The largest absolute Gasteiger partial charge is 0.335 e. The highest BCUT2D eigenvalue weighted by Crippen LogP contribution is 2.31. The average Bonchev–Trinajstić information content (AvgIpc) is 2.37. The van der Waals surface area contributed by atoms with Gasteiger partial charge in [0.2, 0.25) is 5.91 Å². The van der Waals surface area contributed by atoms with Crippen LogP contribution in [0.15, 0.2) is 24.3 Å².